The van der Waals surface area contributed by atoms with Crippen molar-refractivity contribution in [3.63, 3.8) is 0 Å². The van der Waals surface area contributed by atoms with Crippen molar-refractivity contribution < 1.29 is 9.47 Å². The van der Waals surface area contributed by atoms with Gasteiger partial charge in [0, 0.05) is 38.1 Å². The number of rotatable bonds is 5. The van der Waals surface area contributed by atoms with Crippen molar-refractivity contribution in [3.05, 3.63) is 30.1 Å². The lowest BCUT2D eigenvalue weighted by Gasteiger charge is -2.07. The zero-order valence-electron chi connectivity index (χ0n) is 11.2. The van der Waals surface area contributed by atoms with Crippen molar-refractivity contribution in [1.29, 1.82) is 0 Å². The molecule has 0 aliphatic rings. The molecule has 1 N–H and O–H groups in total. The number of anilines is 1. The van der Waals surface area contributed by atoms with Crippen LogP contribution in [0.5, 0.6) is 5.88 Å². The topological polar surface area (TPSA) is 69.2 Å². The first kappa shape index (κ1) is 13.2. The average Bonchev–Trinajstić information content (AvgIpc) is 2.47. The maximum atomic E-state index is 5.10. The number of hydrogen-bond acceptors (Lipinski definition) is 6. The van der Waals surface area contributed by atoms with Crippen molar-refractivity contribution in [1.82, 2.24) is 15.0 Å². The predicted octanol–water partition coefficient (Wildman–Crippen LogP) is 1.74. The summed E-state index contributed by atoms with van der Waals surface area (Å²) >= 11 is 0. The van der Waals surface area contributed by atoms with E-state index in [0.29, 0.717) is 18.3 Å². The summed E-state index contributed by atoms with van der Waals surface area (Å²) in [4.78, 5) is 13.0. The molecule has 2 aromatic rings. The second-order valence-corrected chi connectivity index (χ2v) is 3.84. The third-order valence-corrected chi connectivity index (χ3v) is 2.53. The molecule has 19 heavy (non-hydrogen) atoms. The quantitative estimate of drug-likeness (QED) is 0.883. The normalized spacial score (nSPS) is 10.3. The summed E-state index contributed by atoms with van der Waals surface area (Å²) in [5.74, 6) is 1.91. The highest BCUT2D eigenvalue weighted by Crippen LogP contribution is 2.19. The monoisotopic (exact) mass is 260 g/mol. The zero-order valence-corrected chi connectivity index (χ0v) is 11.2. The lowest BCUT2D eigenvalue weighted by Crippen LogP contribution is -2.02. The third kappa shape index (κ3) is 3.17. The molecule has 0 unspecified atom stereocenters. The minimum Gasteiger partial charge on any atom is -0.481 e. The van der Waals surface area contributed by atoms with E-state index >= 15 is 0 Å². The standard InChI is InChI=1S/C13H16N4O2/c1-14-11-6-10(8-18-2)16-13(17-11)9-4-5-12(19-3)15-7-9/h4-7H,8H2,1-3H3,(H,14,16,17). The molecule has 0 radical (unpaired) electrons. The molecule has 0 amide bonds. The minimum atomic E-state index is 0.438. The Hall–Kier alpha value is -2.21. The smallest absolute Gasteiger partial charge is 0.212 e. The fourth-order valence-corrected chi connectivity index (χ4v) is 1.61. The van der Waals surface area contributed by atoms with Gasteiger partial charge in [-0.1, -0.05) is 0 Å². The summed E-state index contributed by atoms with van der Waals surface area (Å²) < 4.78 is 10.1. The number of methoxy groups -OCH3 is 2. The summed E-state index contributed by atoms with van der Waals surface area (Å²) in [5.41, 5.74) is 1.64. The third-order valence-electron chi connectivity index (χ3n) is 2.53. The van der Waals surface area contributed by atoms with Crippen LogP contribution in [-0.4, -0.2) is 36.2 Å². The fraction of sp³-hybridized carbons (Fsp3) is 0.308. The molecule has 0 aliphatic carbocycles. The minimum absolute atomic E-state index is 0.438. The molecule has 6 heteroatoms. The first-order chi connectivity index (χ1) is 9.26. The number of nitrogens with zero attached hydrogens (tertiary/aromatic N) is 3. The summed E-state index contributed by atoms with van der Waals surface area (Å²) in [6, 6.07) is 5.50. The van der Waals surface area contributed by atoms with Gasteiger partial charge in [-0.3, -0.25) is 0 Å². The molecule has 0 spiro atoms. The Bertz CT molecular complexity index is 543. The second-order valence-electron chi connectivity index (χ2n) is 3.84. The Morgan fingerprint density at radius 1 is 1.21 bits per heavy atom. The molecule has 0 atom stereocenters. The summed E-state index contributed by atoms with van der Waals surface area (Å²) in [6.45, 7) is 0.438. The molecule has 0 aliphatic heterocycles. The van der Waals surface area contributed by atoms with Crippen LogP contribution in [0.15, 0.2) is 24.4 Å². The van der Waals surface area contributed by atoms with E-state index in [1.807, 2.05) is 19.2 Å². The van der Waals surface area contributed by atoms with E-state index in [1.54, 1.807) is 26.5 Å². The summed E-state index contributed by atoms with van der Waals surface area (Å²) in [5, 5.41) is 3.01. The summed E-state index contributed by atoms with van der Waals surface area (Å²) in [7, 11) is 5.03. The van der Waals surface area contributed by atoms with Crippen LogP contribution in [0.2, 0.25) is 0 Å². The van der Waals surface area contributed by atoms with Gasteiger partial charge in [-0.2, -0.15) is 0 Å². The van der Waals surface area contributed by atoms with Gasteiger partial charge in [-0.05, 0) is 6.07 Å². The first-order valence-corrected chi connectivity index (χ1v) is 5.82. The molecular weight excluding hydrogens is 244 g/mol. The van der Waals surface area contributed by atoms with E-state index in [-0.39, 0.29) is 0 Å². The van der Waals surface area contributed by atoms with Gasteiger partial charge in [0.05, 0.1) is 19.4 Å². The molecule has 2 rings (SSSR count). The van der Waals surface area contributed by atoms with E-state index in [4.69, 9.17) is 9.47 Å². The maximum absolute atomic E-state index is 5.10. The first-order valence-electron chi connectivity index (χ1n) is 5.82. The van der Waals surface area contributed by atoms with E-state index in [1.165, 1.54) is 0 Å². The molecule has 0 aromatic carbocycles. The van der Waals surface area contributed by atoms with E-state index in [2.05, 4.69) is 20.3 Å². The van der Waals surface area contributed by atoms with Crippen molar-refractivity contribution in [2.75, 3.05) is 26.6 Å². The van der Waals surface area contributed by atoms with Gasteiger partial charge in [-0.15, -0.1) is 0 Å². The Balaban J connectivity index is 2.38. The lowest BCUT2D eigenvalue weighted by molar-refractivity contribution is 0.181. The highest BCUT2D eigenvalue weighted by Gasteiger charge is 2.07. The SMILES string of the molecule is CNc1cc(COC)nc(-c2ccc(OC)nc2)n1. The van der Waals surface area contributed by atoms with Crippen LogP contribution in [0, 0.1) is 0 Å². The number of hydrogen-bond donors (Lipinski definition) is 1. The molecule has 2 aromatic heterocycles. The number of nitrogens with one attached hydrogen (secondary N) is 1. The Morgan fingerprint density at radius 2 is 2.05 bits per heavy atom. The number of ether oxygens (including phenoxy) is 2. The van der Waals surface area contributed by atoms with Gasteiger partial charge in [0.15, 0.2) is 5.82 Å². The van der Waals surface area contributed by atoms with Crippen LogP contribution in [0.1, 0.15) is 5.69 Å². The molecule has 2 heterocycles. The van der Waals surface area contributed by atoms with Gasteiger partial charge >= 0.3 is 0 Å². The van der Waals surface area contributed by atoms with Crippen LogP contribution >= 0.6 is 0 Å². The Kier molecular flexibility index (Phi) is 4.25. The average molecular weight is 260 g/mol. The van der Waals surface area contributed by atoms with Crippen LogP contribution in [0.4, 0.5) is 5.82 Å². The van der Waals surface area contributed by atoms with E-state index < -0.39 is 0 Å². The van der Waals surface area contributed by atoms with E-state index in [9.17, 15) is 0 Å². The van der Waals surface area contributed by atoms with Crippen molar-refractivity contribution in [2.24, 2.45) is 0 Å². The Morgan fingerprint density at radius 3 is 2.63 bits per heavy atom. The van der Waals surface area contributed by atoms with Gasteiger partial charge in [0.1, 0.15) is 5.82 Å². The highest BCUT2D eigenvalue weighted by molar-refractivity contribution is 5.56. The van der Waals surface area contributed by atoms with Crippen molar-refractivity contribution in [2.45, 2.75) is 6.61 Å². The number of pyridine rings is 1. The zero-order chi connectivity index (χ0) is 13.7. The van der Waals surface area contributed by atoms with Crippen LogP contribution in [0.3, 0.4) is 0 Å². The molecule has 0 bridgehead atoms. The summed E-state index contributed by atoms with van der Waals surface area (Å²) in [6.07, 6.45) is 1.68. The largest absolute Gasteiger partial charge is 0.481 e. The van der Waals surface area contributed by atoms with Crippen molar-refractivity contribution in [3.8, 4) is 17.3 Å². The van der Waals surface area contributed by atoms with Crippen LogP contribution in [-0.2, 0) is 11.3 Å². The number of aromatic nitrogens is 3. The lowest BCUT2D eigenvalue weighted by atomic mass is 10.2. The molecular formula is C13H16N4O2. The second kappa shape index (κ2) is 6.10. The van der Waals surface area contributed by atoms with Gasteiger partial charge < -0.3 is 14.8 Å². The molecule has 100 valence electrons. The fourth-order valence-electron chi connectivity index (χ4n) is 1.61. The molecule has 6 nitrogen and oxygen atoms in total. The van der Waals surface area contributed by atoms with E-state index in [0.717, 1.165) is 17.1 Å². The van der Waals surface area contributed by atoms with Crippen LogP contribution in [0.25, 0.3) is 11.4 Å². The molecule has 0 fully saturated rings. The maximum Gasteiger partial charge on any atom is 0.212 e. The molecule has 0 saturated heterocycles. The van der Waals surface area contributed by atoms with Gasteiger partial charge in [0.2, 0.25) is 5.88 Å². The van der Waals surface area contributed by atoms with Crippen molar-refractivity contribution >= 4 is 5.82 Å². The molecule has 0 saturated carbocycles. The van der Waals surface area contributed by atoms with Crippen LogP contribution < -0.4 is 10.1 Å². The predicted molar refractivity (Wildman–Crippen MR) is 72.1 cm³/mol. The Labute approximate surface area is 111 Å². The van der Waals surface area contributed by atoms with Gasteiger partial charge in [0.25, 0.3) is 0 Å². The highest BCUT2D eigenvalue weighted by atomic mass is 16.5. The van der Waals surface area contributed by atoms with Gasteiger partial charge in [-0.25, -0.2) is 15.0 Å².